The highest BCUT2D eigenvalue weighted by Crippen LogP contribution is 2.15. The monoisotopic (exact) mass is 243 g/mol. The Hall–Kier alpha value is -2.17. The van der Waals surface area contributed by atoms with Gasteiger partial charge in [-0.25, -0.2) is 0 Å². The Bertz CT molecular complexity index is 524. The van der Waals surface area contributed by atoms with Crippen LogP contribution in [-0.2, 0) is 0 Å². The minimum atomic E-state index is 0.279. The van der Waals surface area contributed by atoms with Gasteiger partial charge in [0.25, 0.3) is 0 Å². The fourth-order valence-electron chi connectivity index (χ4n) is 1.55. The molecule has 5 nitrogen and oxygen atoms in total. The van der Waals surface area contributed by atoms with Gasteiger partial charge >= 0.3 is 0 Å². The van der Waals surface area contributed by atoms with Crippen LogP contribution in [0.15, 0.2) is 30.5 Å². The van der Waals surface area contributed by atoms with Gasteiger partial charge in [-0.05, 0) is 38.5 Å². The lowest BCUT2D eigenvalue weighted by atomic mass is 10.2. The third-order valence-corrected chi connectivity index (χ3v) is 2.27. The van der Waals surface area contributed by atoms with Crippen molar-refractivity contribution in [2.24, 2.45) is 0 Å². The molecule has 0 bridgehead atoms. The molecule has 0 radical (unpaired) electrons. The molecule has 0 aliphatic rings. The van der Waals surface area contributed by atoms with Gasteiger partial charge in [-0.3, -0.25) is 0 Å². The number of nitrogens with one attached hydrogen (secondary N) is 2. The standard InChI is InChI=1S/C13H17N5/c1-9(2)15-13-17-12(8-14-18-13)16-11-6-4-5-10(3)7-11/h4-9H,1-3H3,(H2,15,16,17,18). The van der Waals surface area contributed by atoms with Crippen molar-refractivity contribution in [2.45, 2.75) is 26.8 Å². The fourth-order valence-corrected chi connectivity index (χ4v) is 1.55. The van der Waals surface area contributed by atoms with Crippen LogP contribution in [0.2, 0.25) is 0 Å². The second-order valence-electron chi connectivity index (χ2n) is 4.46. The lowest BCUT2D eigenvalue weighted by Crippen LogP contribution is -2.13. The molecule has 0 atom stereocenters. The SMILES string of the molecule is Cc1cccc(Nc2cnnc(NC(C)C)n2)c1. The summed E-state index contributed by atoms with van der Waals surface area (Å²) in [6.07, 6.45) is 1.60. The van der Waals surface area contributed by atoms with Crippen LogP contribution >= 0.6 is 0 Å². The van der Waals surface area contributed by atoms with E-state index in [-0.39, 0.29) is 6.04 Å². The van der Waals surface area contributed by atoms with E-state index in [2.05, 4.69) is 44.9 Å². The van der Waals surface area contributed by atoms with Crippen LogP contribution < -0.4 is 10.6 Å². The molecule has 94 valence electrons. The molecule has 2 N–H and O–H groups in total. The summed E-state index contributed by atoms with van der Waals surface area (Å²) in [5.74, 6) is 1.21. The molecule has 18 heavy (non-hydrogen) atoms. The van der Waals surface area contributed by atoms with Crippen molar-refractivity contribution >= 4 is 17.5 Å². The first-order valence-electron chi connectivity index (χ1n) is 5.93. The summed E-state index contributed by atoms with van der Waals surface area (Å²) in [5.41, 5.74) is 2.19. The zero-order valence-corrected chi connectivity index (χ0v) is 10.8. The number of nitrogens with zero attached hydrogens (tertiary/aromatic N) is 3. The van der Waals surface area contributed by atoms with Gasteiger partial charge in [-0.15, -0.1) is 5.10 Å². The molecule has 1 aromatic carbocycles. The summed E-state index contributed by atoms with van der Waals surface area (Å²) >= 11 is 0. The number of aromatic nitrogens is 3. The average molecular weight is 243 g/mol. The van der Waals surface area contributed by atoms with Gasteiger partial charge in [-0.1, -0.05) is 12.1 Å². The zero-order valence-electron chi connectivity index (χ0n) is 10.8. The molecule has 2 rings (SSSR count). The maximum absolute atomic E-state index is 4.34. The molecule has 0 saturated heterocycles. The predicted octanol–water partition coefficient (Wildman–Crippen LogP) is 2.74. The van der Waals surface area contributed by atoms with Crippen LogP contribution in [0.25, 0.3) is 0 Å². The molecule has 0 unspecified atom stereocenters. The number of benzene rings is 1. The second-order valence-corrected chi connectivity index (χ2v) is 4.46. The maximum atomic E-state index is 4.34. The van der Waals surface area contributed by atoms with E-state index in [9.17, 15) is 0 Å². The first-order chi connectivity index (χ1) is 8.63. The van der Waals surface area contributed by atoms with Gasteiger partial charge in [0.2, 0.25) is 5.95 Å². The minimum Gasteiger partial charge on any atom is -0.351 e. The van der Waals surface area contributed by atoms with E-state index >= 15 is 0 Å². The van der Waals surface area contributed by atoms with Crippen LogP contribution in [0.4, 0.5) is 17.5 Å². The predicted molar refractivity (Wildman–Crippen MR) is 73.0 cm³/mol. The number of rotatable bonds is 4. The van der Waals surface area contributed by atoms with Crippen LogP contribution in [0.5, 0.6) is 0 Å². The Morgan fingerprint density at radius 2 is 2.06 bits per heavy atom. The summed E-state index contributed by atoms with van der Waals surface area (Å²) in [7, 11) is 0. The smallest absolute Gasteiger partial charge is 0.244 e. The zero-order chi connectivity index (χ0) is 13.0. The molecule has 1 aromatic heterocycles. The number of hydrogen-bond acceptors (Lipinski definition) is 5. The van der Waals surface area contributed by atoms with Crippen molar-refractivity contribution < 1.29 is 0 Å². The van der Waals surface area contributed by atoms with Crippen molar-refractivity contribution in [1.82, 2.24) is 15.2 Å². The van der Waals surface area contributed by atoms with E-state index in [0.29, 0.717) is 11.8 Å². The van der Waals surface area contributed by atoms with E-state index < -0.39 is 0 Å². The van der Waals surface area contributed by atoms with Crippen LogP contribution in [-0.4, -0.2) is 21.2 Å². The first-order valence-corrected chi connectivity index (χ1v) is 5.93. The molecular weight excluding hydrogens is 226 g/mol. The van der Waals surface area contributed by atoms with E-state index in [1.165, 1.54) is 5.56 Å². The van der Waals surface area contributed by atoms with Gasteiger partial charge in [0.1, 0.15) is 0 Å². The highest BCUT2D eigenvalue weighted by atomic mass is 15.3. The Morgan fingerprint density at radius 1 is 1.22 bits per heavy atom. The van der Waals surface area contributed by atoms with Gasteiger partial charge < -0.3 is 10.6 Å². The van der Waals surface area contributed by atoms with Crippen molar-refractivity contribution in [3.05, 3.63) is 36.0 Å². The Balaban J connectivity index is 2.14. The molecule has 0 saturated carbocycles. The summed E-state index contributed by atoms with van der Waals surface area (Å²) in [5, 5.41) is 14.2. The van der Waals surface area contributed by atoms with Gasteiger partial charge in [-0.2, -0.15) is 10.1 Å². The van der Waals surface area contributed by atoms with Crippen molar-refractivity contribution in [3.63, 3.8) is 0 Å². The molecule has 2 aromatic rings. The molecule has 0 spiro atoms. The maximum Gasteiger partial charge on any atom is 0.244 e. The van der Waals surface area contributed by atoms with E-state index in [4.69, 9.17) is 0 Å². The van der Waals surface area contributed by atoms with Crippen molar-refractivity contribution in [3.8, 4) is 0 Å². The molecule has 0 fully saturated rings. The fraction of sp³-hybridized carbons (Fsp3) is 0.308. The van der Waals surface area contributed by atoms with Crippen LogP contribution in [0.1, 0.15) is 19.4 Å². The van der Waals surface area contributed by atoms with E-state index in [1.807, 2.05) is 26.0 Å². The summed E-state index contributed by atoms with van der Waals surface area (Å²) in [6, 6.07) is 8.37. The summed E-state index contributed by atoms with van der Waals surface area (Å²) < 4.78 is 0. The number of aryl methyl sites for hydroxylation is 1. The Labute approximate surface area is 107 Å². The second kappa shape index (κ2) is 5.44. The van der Waals surface area contributed by atoms with E-state index in [0.717, 1.165) is 5.69 Å². The van der Waals surface area contributed by atoms with Crippen LogP contribution in [0.3, 0.4) is 0 Å². The van der Waals surface area contributed by atoms with Gasteiger partial charge in [0.05, 0.1) is 6.20 Å². The largest absolute Gasteiger partial charge is 0.351 e. The molecule has 0 amide bonds. The highest BCUT2D eigenvalue weighted by Gasteiger charge is 2.02. The third kappa shape index (κ3) is 3.41. The normalized spacial score (nSPS) is 10.4. The molecule has 0 aliphatic heterocycles. The molecule has 1 heterocycles. The Kier molecular flexibility index (Phi) is 3.72. The number of anilines is 3. The summed E-state index contributed by atoms with van der Waals surface area (Å²) in [6.45, 7) is 6.11. The first kappa shape index (κ1) is 12.3. The van der Waals surface area contributed by atoms with Crippen LogP contribution in [0, 0.1) is 6.92 Å². The van der Waals surface area contributed by atoms with Gasteiger partial charge in [0.15, 0.2) is 5.82 Å². The molecule has 5 heteroatoms. The van der Waals surface area contributed by atoms with Crippen molar-refractivity contribution in [1.29, 1.82) is 0 Å². The van der Waals surface area contributed by atoms with Crippen molar-refractivity contribution in [2.75, 3.05) is 10.6 Å². The molecular formula is C13H17N5. The Morgan fingerprint density at radius 3 is 2.78 bits per heavy atom. The average Bonchev–Trinajstić information content (AvgIpc) is 2.28. The lowest BCUT2D eigenvalue weighted by Gasteiger charge is -2.09. The quantitative estimate of drug-likeness (QED) is 0.864. The summed E-state index contributed by atoms with van der Waals surface area (Å²) in [4.78, 5) is 4.34. The highest BCUT2D eigenvalue weighted by molar-refractivity contribution is 5.56. The van der Waals surface area contributed by atoms with E-state index in [1.54, 1.807) is 6.20 Å². The molecule has 0 aliphatic carbocycles. The minimum absolute atomic E-state index is 0.279. The topological polar surface area (TPSA) is 62.7 Å². The number of hydrogen-bond donors (Lipinski definition) is 2. The third-order valence-electron chi connectivity index (χ3n) is 2.27. The van der Waals surface area contributed by atoms with Gasteiger partial charge in [0, 0.05) is 11.7 Å². The lowest BCUT2D eigenvalue weighted by molar-refractivity contribution is 0.852.